The van der Waals surface area contributed by atoms with Crippen LogP contribution in [-0.4, -0.2) is 54.4 Å². The first-order chi connectivity index (χ1) is 25.3. The second-order valence-corrected chi connectivity index (χ2v) is 14.4. The summed E-state index contributed by atoms with van der Waals surface area (Å²) < 4.78 is 16.1. The van der Waals surface area contributed by atoms with E-state index in [9.17, 15) is 29.1 Å². The van der Waals surface area contributed by atoms with Gasteiger partial charge in [-0.2, -0.15) is 0 Å². The van der Waals surface area contributed by atoms with Gasteiger partial charge in [-0.15, -0.1) is 0 Å². The number of hydrogen-bond donors (Lipinski definition) is 1. The number of Topliss-reactive ketones (excluding diaryl/α,β-unsaturated/α-hetero) is 2. The van der Waals surface area contributed by atoms with E-state index in [0.29, 0.717) is 50.2 Å². The number of aromatic nitrogens is 5. The Hall–Kier alpha value is -5.98. The van der Waals surface area contributed by atoms with Gasteiger partial charge >= 0.3 is 11.4 Å². The monoisotopic (exact) mass is 717 g/mol. The molecule has 3 aromatic carbocycles. The zero-order valence-electron chi connectivity index (χ0n) is 30.3. The van der Waals surface area contributed by atoms with E-state index in [2.05, 4.69) is 4.98 Å². The number of fused-ring (bicyclic) bond motifs is 6. The molecule has 2 aliphatic carbocycles. The maximum Gasteiger partial charge on any atom is 0.347 e. The van der Waals surface area contributed by atoms with Crippen LogP contribution in [0.15, 0.2) is 85.7 Å². The molecule has 3 heterocycles. The molecule has 5 aromatic rings. The van der Waals surface area contributed by atoms with E-state index in [0.717, 1.165) is 9.95 Å². The van der Waals surface area contributed by atoms with Crippen LogP contribution in [0.25, 0.3) is 21.8 Å². The summed E-state index contributed by atoms with van der Waals surface area (Å²) in [5.41, 5.74) is 0.311. The summed E-state index contributed by atoms with van der Waals surface area (Å²) in [7, 11) is 4.62. The zero-order chi connectivity index (χ0) is 37.7. The van der Waals surface area contributed by atoms with Crippen molar-refractivity contribution in [2.45, 2.75) is 58.7 Å². The fraction of sp³-hybridized carbons (Fsp3) is 0.350. The lowest BCUT2D eigenvalue weighted by molar-refractivity contribution is -0.140. The molecule has 1 N–H and O–H groups in total. The van der Waals surface area contributed by atoms with Gasteiger partial charge in [-0.25, -0.2) is 28.5 Å². The Kier molecular flexibility index (Phi) is 7.75. The summed E-state index contributed by atoms with van der Waals surface area (Å²) in [4.78, 5) is 74.8. The summed E-state index contributed by atoms with van der Waals surface area (Å²) in [5.74, 6) is -1.07. The SMILES string of the molecule is COc1cc2nc(CCn3c(=O)n4n(c3=O)[C@@H]3C[C@H]5C(=O)C(C)=C(C)C(=O)[C@@]5(C)[C@@H](c5ccc6ccccc6c5O)C3=CC4)c(=O)n(C)c2cc1OC. The van der Waals surface area contributed by atoms with E-state index in [1.807, 2.05) is 30.3 Å². The van der Waals surface area contributed by atoms with Crippen LogP contribution in [0.3, 0.4) is 0 Å². The third-order valence-corrected chi connectivity index (χ3v) is 12.0. The highest BCUT2D eigenvalue weighted by atomic mass is 16.5. The molecule has 4 atom stereocenters. The van der Waals surface area contributed by atoms with E-state index >= 15 is 0 Å². The first kappa shape index (κ1) is 34.1. The fourth-order valence-corrected chi connectivity index (χ4v) is 9.02. The van der Waals surface area contributed by atoms with Gasteiger partial charge in [0.2, 0.25) is 0 Å². The van der Waals surface area contributed by atoms with Crippen LogP contribution >= 0.6 is 0 Å². The summed E-state index contributed by atoms with van der Waals surface area (Å²) in [6.45, 7) is 5.03. The molecule has 272 valence electrons. The average molecular weight is 718 g/mol. The number of phenolic OH excluding ortho intramolecular Hbond substituents is 1. The molecule has 1 saturated carbocycles. The Labute approximate surface area is 303 Å². The maximum atomic E-state index is 14.4. The van der Waals surface area contributed by atoms with Crippen LogP contribution in [0.2, 0.25) is 0 Å². The molecule has 0 bridgehead atoms. The number of methoxy groups -OCH3 is 2. The van der Waals surface area contributed by atoms with Crippen molar-refractivity contribution < 1.29 is 24.2 Å². The average Bonchev–Trinajstić information content (AvgIpc) is 3.41. The number of aromatic hydroxyl groups is 1. The Bertz CT molecular complexity index is 2690. The molecule has 13 heteroatoms. The van der Waals surface area contributed by atoms with Crippen LogP contribution in [0.1, 0.15) is 50.4 Å². The van der Waals surface area contributed by atoms with Crippen LogP contribution in [0.5, 0.6) is 17.2 Å². The maximum absolute atomic E-state index is 14.4. The summed E-state index contributed by atoms with van der Waals surface area (Å²) >= 11 is 0. The van der Waals surface area contributed by atoms with Crippen LogP contribution in [-0.2, 0) is 36.1 Å². The number of hydrogen-bond acceptors (Lipinski definition) is 9. The molecule has 1 aliphatic heterocycles. The molecule has 53 heavy (non-hydrogen) atoms. The molecule has 0 radical (unpaired) electrons. The lowest BCUT2D eigenvalue weighted by atomic mass is 9.50. The van der Waals surface area contributed by atoms with E-state index in [1.54, 1.807) is 52.1 Å². The minimum Gasteiger partial charge on any atom is -0.507 e. The number of phenols is 1. The second-order valence-electron chi connectivity index (χ2n) is 14.4. The number of carbonyl (C=O) groups is 2. The van der Waals surface area contributed by atoms with E-state index in [-0.39, 0.29) is 54.5 Å². The third kappa shape index (κ3) is 4.68. The molecular formula is C40H39N5O8. The van der Waals surface area contributed by atoms with Crippen molar-refractivity contribution in [3.63, 3.8) is 0 Å². The van der Waals surface area contributed by atoms with Crippen LogP contribution in [0, 0.1) is 11.3 Å². The van der Waals surface area contributed by atoms with E-state index in [1.165, 1.54) is 28.2 Å². The number of ketones is 2. The van der Waals surface area contributed by atoms with Crippen LogP contribution in [0.4, 0.5) is 0 Å². The molecule has 0 saturated heterocycles. The van der Waals surface area contributed by atoms with Crippen molar-refractivity contribution in [2.24, 2.45) is 18.4 Å². The molecule has 0 unspecified atom stereocenters. The van der Waals surface area contributed by atoms with Gasteiger partial charge in [-0.05, 0) is 42.4 Å². The van der Waals surface area contributed by atoms with Gasteiger partial charge in [-0.1, -0.05) is 49.4 Å². The highest BCUT2D eigenvalue weighted by molar-refractivity contribution is 6.16. The molecule has 1 fully saturated rings. The van der Waals surface area contributed by atoms with E-state index < -0.39 is 34.7 Å². The summed E-state index contributed by atoms with van der Waals surface area (Å²) in [6, 6.07) is 13.6. The first-order valence-electron chi connectivity index (χ1n) is 17.5. The molecule has 3 aliphatic rings. The molecule has 2 aromatic heterocycles. The Morgan fingerprint density at radius 3 is 2.40 bits per heavy atom. The third-order valence-electron chi connectivity index (χ3n) is 12.0. The van der Waals surface area contributed by atoms with Gasteiger partial charge in [-0.3, -0.25) is 14.4 Å². The number of carbonyl (C=O) groups excluding carboxylic acids is 2. The predicted molar refractivity (Wildman–Crippen MR) is 197 cm³/mol. The van der Waals surface area contributed by atoms with Crippen molar-refractivity contribution in [1.29, 1.82) is 0 Å². The molecular weight excluding hydrogens is 678 g/mol. The molecule has 0 spiro atoms. The number of nitrogens with zero attached hydrogens (tertiary/aromatic N) is 5. The highest BCUT2D eigenvalue weighted by Crippen LogP contribution is 2.61. The first-order valence-corrected chi connectivity index (χ1v) is 17.5. The molecule has 13 nitrogen and oxygen atoms in total. The largest absolute Gasteiger partial charge is 0.507 e. The van der Waals surface area contributed by atoms with Crippen molar-refractivity contribution in [3.05, 3.63) is 114 Å². The Morgan fingerprint density at radius 2 is 1.66 bits per heavy atom. The van der Waals surface area contributed by atoms with Gasteiger partial charge in [0, 0.05) is 54.9 Å². The van der Waals surface area contributed by atoms with Gasteiger partial charge in [0.1, 0.15) is 11.4 Å². The normalized spacial score (nSPS) is 22.5. The summed E-state index contributed by atoms with van der Waals surface area (Å²) in [6.07, 6.45) is 1.96. The van der Waals surface area contributed by atoms with Gasteiger partial charge in [0.25, 0.3) is 5.56 Å². The number of allylic oxidation sites excluding steroid dienone is 4. The van der Waals surface area contributed by atoms with Crippen molar-refractivity contribution in [3.8, 4) is 17.2 Å². The van der Waals surface area contributed by atoms with Crippen molar-refractivity contribution >= 4 is 33.4 Å². The minimum atomic E-state index is -1.26. The quantitative estimate of drug-likeness (QED) is 0.257. The number of ether oxygens (including phenoxy) is 2. The second kappa shape index (κ2) is 12.0. The van der Waals surface area contributed by atoms with Gasteiger partial charge in [0.05, 0.1) is 43.3 Å². The standard InChI is InChI=1S/C40H39N5O8/c1-20-21(2)36(48)40(3)26(34(20)46)17-29-24(33(40)25-12-11-22-9-7-8-10-23(22)35(25)47)13-16-44-38(50)43(39(51)45(29)44)15-14-27-37(49)42(4)30-19-32(53-6)31(52-5)18-28(30)41-27/h7-13,18-19,26,29,33,47H,14-17H2,1-6H3/t26-,29+,33+,40+/m0/s1. The topological polar surface area (TPSA) is 157 Å². The number of rotatable bonds is 6. The number of benzene rings is 3. The smallest absolute Gasteiger partial charge is 0.347 e. The number of aryl methyl sites for hydroxylation is 2. The lowest BCUT2D eigenvalue weighted by Crippen LogP contribution is -2.55. The van der Waals surface area contributed by atoms with Crippen molar-refractivity contribution in [1.82, 2.24) is 23.5 Å². The predicted octanol–water partition coefficient (Wildman–Crippen LogP) is 3.96. The van der Waals surface area contributed by atoms with Gasteiger partial charge < -0.3 is 19.1 Å². The van der Waals surface area contributed by atoms with Crippen LogP contribution < -0.4 is 26.4 Å². The van der Waals surface area contributed by atoms with Crippen molar-refractivity contribution in [2.75, 3.05) is 14.2 Å². The minimum absolute atomic E-state index is 0.00668. The summed E-state index contributed by atoms with van der Waals surface area (Å²) in [5, 5.41) is 13.2. The highest BCUT2D eigenvalue weighted by Gasteiger charge is 2.61. The van der Waals surface area contributed by atoms with E-state index in [4.69, 9.17) is 9.47 Å². The molecule has 0 amide bonds. The fourth-order valence-electron chi connectivity index (χ4n) is 9.02. The van der Waals surface area contributed by atoms with Gasteiger partial charge in [0.15, 0.2) is 23.1 Å². The zero-order valence-corrected chi connectivity index (χ0v) is 30.3. The Balaban J connectivity index is 1.23. The lowest BCUT2D eigenvalue weighted by Gasteiger charge is -2.53. The molecule has 8 rings (SSSR count). The Morgan fingerprint density at radius 1 is 0.943 bits per heavy atom.